The fraction of sp³-hybridized carbons (Fsp3) is 0.933. The summed E-state index contributed by atoms with van der Waals surface area (Å²) in [6.07, 6.45) is 2.10. The van der Waals surface area contributed by atoms with Crippen molar-refractivity contribution in [1.29, 1.82) is 0 Å². The lowest BCUT2D eigenvalue weighted by Gasteiger charge is -2.30. The van der Waals surface area contributed by atoms with Gasteiger partial charge < -0.3 is 10.0 Å². The summed E-state index contributed by atoms with van der Waals surface area (Å²) in [4.78, 5) is 16.6. The van der Waals surface area contributed by atoms with Gasteiger partial charge in [-0.1, -0.05) is 27.7 Å². The van der Waals surface area contributed by atoms with Crippen LogP contribution in [-0.2, 0) is 4.79 Å². The zero-order chi connectivity index (χ0) is 14.4. The molecule has 0 unspecified atom stereocenters. The van der Waals surface area contributed by atoms with Crippen molar-refractivity contribution in [2.45, 2.75) is 46.6 Å². The van der Waals surface area contributed by atoms with Crippen molar-refractivity contribution in [3.8, 4) is 0 Å². The second-order valence-corrected chi connectivity index (χ2v) is 6.54. The summed E-state index contributed by atoms with van der Waals surface area (Å²) in [6.45, 7) is 11.8. The van der Waals surface area contributed by atoms with E-state index in [-0.39, 0.29) is 18.6 Å². The Hall–Kier alpha value is -0.610. The van der Waals surface area contributed by atoms with Crippen LogP contribution in [0.25, 0.3) is 0 Å². The molecule has 4 heteroatoms. The highest BCUT2D eigenvalue weighted by atomic mass is 16.3. The highest BCUT2D eigenvalue weighted by Gasteiger charge is 2.27. The molecule has 4 nitrogen and oxygen atoms in total. The first-order valence-electron chi connectivity index (χ1n) is 7.56. The standard InChI is InChI=1S/C15H30N2O2/c1-12(2)8-17(9-13(3)4)15(19)10-16-7-5-6-14(16)11-18/h12-14,18H,5-11H2,1-4H3/t14-/m0/s1. The summed E-state index contributed by atoms with van der Waals surface area (Å²) in [6, 6.07) is 0.184. The summed E-state index contributed by atoms with van der Waals surface area (Å²) in [7, 11) is 0. The van der Waals surface area contributed by atoms with E-state index >= 15 is 0 Å². The number of carbonyl (C=O) groups excluding carboxylic acids is 1. The second kappa shape index (κ2) is 7.85. The molecule has 0 aromatic carbocycles. The van der Waals surface area contributed by atoms with E-state index in [1.807, 2.05) is 4.90 Å². The molecule has 1 aliphatic heterocycles. The molecule has 1 rings (SSSR count). The van der Waals surface area contributed by atoms with Gasteiger partial charge in [-0.2, -0.15) is 0 Å². The lowest BCUT2D eigenvalue weighted by Crippen LogP contribution is -2.45. The third-order valence-corrected chi connectivity index (χ3v) is 3.57. The SMILES string of the molecule is CC(C)CN(CC(C)C)C(=O)CN1CCC[C@H]1CO. The van der Waals surface area contributed by atoms with Crippen LogP contribution in [0.5, 0.6) is 0 Å². The summed E-state index contributed by atoms with van der Waals surface area (Å²) < 4.78 is 0. The van der Waals surface area contributed by atoms with Crippen LogP contribution in [-0.4, -0.2) is 59.6 Å². The molecule has 1 amide bonds. The smallest absolute Gasteiger partial charge is 0.236 e. The number of amides is 1. The van der Waals surface area contributed by atoms with Crippen LogP contribution in [0.15, 0.2) is 0 Å². The van der Waals surface area contributed by atoms with Crippen LogP contribution >= 0.6 is 0 Å². The van der Waals surface area contributed by atoms with Gasteiger partial charge in [-0.3, -0.25) is 9.69 Å². The third-order valence-electron chi connectivity index (χ3n) is 3.57. The van der Waals surface area contributed by atoms with Crippen LogP contribution in [0.2, 0.25) is 0 Å². The van der Waals surface area contributed by atoms with Gasteiger partial charge in [-0.15, -0.1) is 0 Å². The van der Waals surface area contributed by atoms with Crippen LogP contribution in [0.1, 0.15) is 40.5 Å². The first kappa shape index (κ1) is 16.4. The van der Waals surface area contributed by atoms with Crippen molar-refractivity contribution < 1.29 is 9.90 Å². The number of hydrogen-bond donors (Lipinski definition) is 1. The monoisotopic (exact) mass is 270 g/mol. The highest BCUT2D eigenvalue weighted by molar-refractivity contribution is 5.78. The molecule has 1 aliphatic rings. The van der Waals surface area contributed by atoms with Crippen molar-refractivity contribution >= 4 is 5.91 Å². The Morgan fingerprint density at radius 1 is 1.26 bits per heavy atom. The van der Waals surface area contributed by atoms with Gasteiger partial charge in [0.2, 0.25) is 5.91 Å². The zero-order valence-corrected chi connectivity index (χ0v) is 12.9. The largest absolute Gasteiger partial charge is 0.395 e. The van der Waals surface area contributed by atoms with E-state index in [1.165, 1.54) is 0 Å². The first-order valence-corrected chi connectivity index (χ1v) is 7.56. The summed E-state index contributed by atoms with van der Waals surface area (Å²) in [5.74, 6) is 1.20. The summed E-state index contributed by atoms with van der Waals surface area (Å²) in [5, 5.41) is 9.31. The molecule has 112 valence electrons. The number of aliphatic hydroxyl groups is 1. The minimum absolute atomic E-state index is 0.168. The Balaban J connectivity index is 2.55. The van der Waals surface area contributed by atoms with Crippen LogP contribution in [0, 0.1) is 11.8 Å². The molecular weight excluding hydrogens is 240 g/mol. The van der Waals surface area contributed by atoms with Gasteiger partial charge in [0, 0.05) is 19.1 Å². The Labute approximate surface area is 117 Å². The van der Waals surface area contributed by atoms with Gasteiger partial charge in [-0.25, -0.2) is 0 Å². The molecule has 0 spiro atoms. The van der Waals surface area contributed by atoms with E-state index in [2.05, 4.69) is 32.6 Å². The van der Waals surface area contributed by atoms with E-state index in [0.29, 0.717) is 18.4 Å². The maximum Gasteiger partial charge on any atom is 0.236 e. The first-order chi connectivity index (χ1) is 8.93. The molecular formula is C15H30N2O2. The lowest BCUT2D eigenvalue weighted by molar-refractivity contribution is -0.133. The number of aliphatic hydroxyl groups excluding tert-OH is 1. The Morgan fingerprint density at radius 3 is 2.32 bits per heavy atom. The van der Waals surface area contributed by atoms with Gasteiger partial charge >= 0.3 is 0 Å². The van der Waals surface area contributed by atoms with Crippen LogP contribution in [0.3, 0.4) is 0 Å². The van der Waals surface area contributed by atoms with Crippen molar-refractivity contribution in [3.63, 3.8) is 0 Å². The van der Waals surface area contributed by atoms with Crippen LogP contribution < -0.4 is 0 Å². The molecule has 0 radical (unpaired) electrons. The maximum absolute atomic E-state index is 12.4. The van der Waals surface area contributed by atoms with E-state index in [0.717, 1.165) is 32.5 Å². The van der Waals surface area contributed by atoms with Gasteiger partial charge in [0.05, 0.1) is 13.2 Å². The van der Waals surface area contributed by atoms with E-state index in [1.54, 1.807) is 0 Å². The van der Waals surface area contributed by atoms with E-state index < -0.39 is 0 Å². The molecule has 0 saturated carbocycles. The molecule has 1 heterocycles. The minimum atomic E-state index is 0.168. The molecule has 1 saturated heterocycles. The van der Waals surface area contributed by atoms with Gasteiger partial charge in [0.15, 0.2) is 0 Å². The number of hydrogen-bond acceptors (Lipinski definition) is 3. The Bertz CT molecular complexity index is 269. The Morgan fingerprint density at radius 2 is 1.84 bits per heavy atom. The van der Waals surface area contributed by atoms with E-state index in [4.69, 9.17) is 0 Å². The van der Waals surface area contributed by atoms with Crippen molar-refractivity contribution in [1.82, 2.24) is 9.80 Å². The average Bonchev–Trinajstić information content (AvgIpc) is 2.74. The van der Waals surface area contributed by atoms with Crippen molar-refractivity contribution in [2.24, 2.45) is 11.8 Å². The number of carbonyl (C=O) groups is 1. The molecule has 1 atom stereocenters. The topological polar surface area (TPSA) is 43.8 Å². The lowest BCUT2D eigenvalue weighted by atomic mass is 10.1. The average molecular weight is 270 g/mol. The van der Waals surface area contributed by atoms with Gasteiger partial charge in [-0.05, 0) is 31.2 Å². The molecule has 1 N–H and O–H groups in total. The minimum Gasteiger partial charge on any atom is -0.395 e. The predicted octanol–water partition coefficient (Wildman–Crippen LogP) is 1.58. The molecule has 0 aromatic heterocycles. The van der Waals surface area contributed by atoms with Gasteiger partial charge in [0.25, 0.3) is 0 Å². The van der Waals surface area contributed by atoms with Gasteiger partial charge in [0.1, 0.15) is 0 Å². The Kier molecular flexibility index (Phi) is 6.80. The van der Waals surface area contributed by atoms with Crippen molar-refractivity contribution in [3.05, 3.63) is 0 Å². The molecule has 0 bridgehead atoms. The molecule has 0 aliphatic carbocycles. The molecule has 1 fully saturated rings. The number of likely N-dealkylation sites (tertiary alicyclic amines) is 1. The highest BCUT2D eigenvalue weighted by Crippen LogP contribution is 2.17. The fourth-order valence-electron chi connectivity index (χ4n) is 2.74. The third kappa shape index (κ3) is 5.49. The van der Waals surface area contributed by atoms with Crippen molar-refractivity contribution in [2.75, 3.05) is 32.8 Å². The summed E-state index contributed by atoms with van der Waals surface area (Å²) >= 11 is 0. The molecule has 0 aromatic rings. The maximum atomic E-state index is 12.4. The fourth-order valence-corrected chi connectivity index (χ4v) is 2.74. The quantitative estimate of drug-likeness (QED) is 0.764. The number of rotatable bonds is 7. The number of nitrogens with zero attached hydrogens (tertiary/aromatic N) is 2. The zero-order valence-electron chi connectivity index (χ0n) is 12.9. The normalized spacial score (nSPS) is 20.5. The molecule has 19 heavy (non-hydrogen) atoms. The summed E-state index contributed by atoms with van der Waals surface area (Å²) in [5.41, 5.74) is 0. The van der Waals surface area contributed by atoms with E-state index in [9.17, 15) is 9.90 Å². The van der Waals surface area contributed by atoms with Crippen LogP contribution in [0.4, 0.5) is 0 Å². The second-order valence-electron chi connectivity index (χ2n) is 6.54. The predicted molar refractivity (Wildman–Crippen MR) is 77.9 cm³/mol.